The molecule has 0 aromatic heterocycles. The molecule has 0 fully saturated rings. The highest BCUT2D eigenvalue weighted by Crippen LogP contribution is 2.35. The van der Waals surface area contributed by atoms with Gasteiger partial charge in [-0.05, 0) is 43.8 Å². The zero-order valence-corrected chi connectivity index (χ0v) is 14.4. The van der Waals surface area contributed by atoms with Gasteiger partial charge in [-0.2, -0.15) is 0 Å². The summed E-state index contributed by atoms with van der Waals surface area (Å²) in [6.45, 7) is 2.14. The van der Waals surface area contributed by atoms with E-state index in [4.69, 9.17) is 4.74 Å². The summed E-state index contributed by atoms with van der Waals surface area (Å²) in [5.41, 5.74) is 3.40. The molecule has 2 aromatic carbocycles. The maximum absolute atomic E-state index is 5.43. The van der Waals surface area contributed by atoms with Crippen LogP contribution in [0, 0.1) is 0 Å². The number of anilines is 2. The summed E-state index contributed by atoms with van der Waals surface area (Å²) in [6, 6.07) is 14.7. The highest BCUT2D eigenvalue weighted by molar-refractivity contribution is 9.10. The quantitative estimate of drug-likeness (QED) is 0.860. The van der Waals surface area contributed by atoms with Crippen molar-refractivity contribution in [3.8, 4) is 5.75 Å². The number of para-hydroxylation sites is 2. The second-order valence-electron chi connectivity index (χ2n) is 4.95. The molecular formula is C17H21BrN2O. The average molecular weight is 349 g/mol. The fraction of sp³-hybridized carbons (Fsp3) is 0.294. The van der Waals surface area contributed by atoms with E-state index in [-0.39, 0.29) is 0 Å². The second kappa shape index (κ2) is 6.96. The van der Waals surface area contributed by atoms with E-state index in [1.165, 1.54) is 5.56 Å². The van der Waals surface area contributed by atoms with Crippen LogP contribution in [0.15, 0.2) is 46.9 Å². The van der Waals surface area contributed by atoms with Gasteiger partial charge in [-0.1, -0.05) is 34.1 Å². The number of benzene rings is 2. The first-order valence-corrected chi connectivity index (χ1v) is 7.71. The molecule has 0 aliphatic heterocycles. The molecule has 2 rings (SSSR count). The number of ether oxygens (including phenoxy) is 1. The van der Waals surface area contributed by atoms with Crippen LogP contribution < -0.4 is 15.0 Å². The van der Waals surface area contributed by atoms with E-state index in [1.54, 1.807) is 7.11 Å². The van der Waals surface area contributed by atoms with Crippen LogP contribution in [-0.4, -0.2) is 21.2 Å². The SMILES string of the molecule is CNC(C)c1ccc(N(C)c2ccccc2OC)cc1Br. The molecule has 1 unspecified atom stereocenters. The number of methoxy groups -OCH3 is 1. The fourth-order valence-electron chi connectivity index (χ4n) is 2.28. The summed E-state index contributed by atoms with van der Waals surface area (Å²) in [6.07, 6.45) is 0. The standard InChI is InChI=1S/C17H21BrN2O/c1-12(19-2)14-10-9-13(11-15(14)18)20(3)16-7-5-6-8-17(16)21-4/h5-12,19H,1-4H3. The summed E-state index contributed by atoms with van der Waals surface area (Å²) in [5.74, 6) is 0.865. The van der Waals surface area contributed by atoms with Crippen molar-refractivity contribution >= 4 is 27.3 Å². The van der Waals surface area contributed by atoms with E-state index < -0.39 is 0 Å². The number of nitrogens with one attached hydrogen (secondary N) is 1. The van der Waals surface area contributed by atoms with Gasteiger partial charge in [0.25, 0.3) is 0 Å². The third-order valence-electron chi connectivity index (χ3n) is 3.72. The third-order valence-corrected chi connectivity index (χ3v) is 4.40. The molecule has 4 heteroatoms. The molecule has 0 spiro atoms. The predicted octanol–water partition coefficient (Wildman–Crippen LogP) is 4.51. The van der Waals surface area contributed by atoms with Crippen molar-refractivity contribution in [3.05, 3.63) is 52.5 Å². The van der Waals surface area contributed by atoms with Crippen LogP contribution >= 0.6 is 15.9 Å². The maximum Gasteiger partial charge on any atom is 0.142 e. The van der Waals surface area contributed by atoms with Crippen molar-refractivity contribution in [2.75, 3.05) is 26.1 Å². The number of rotatable bonds is 5. The lowest BCUT2D eigenvalue weighted by Gasteiger charge is -2.23. The molecule has 1 atom stereocenters. The molecular weight excluding hydrogens is 328 g/mol. The van der Waals surface area contributed by atoms with Crippen LogP contribution in [0.5, 0.6) is 5.75 Å². The zero-order chi connectivity index (χ0) is 15.4. The smallest absolute Gasteiger partial charge is 0.142 e. The summed E-state index contributed by atoms with van der Waals surface area (Å²) >= 11 is 3.67. The summed E-state index contributed by atoms with van der Waals surface area (Å²) in [5, 5.41) is 3.26. The number of hydrogen-bond acceptors (Lipinski definition) is 3. The lowest BCUT2D eigenvalue weighted by Crippen LogP contribution is -2.14. The van der Waals surface area contributed by atoms with Gasteiger partial charge in [-0.25, -0.2) is 0 Å². The predicted molar refractivity (Wildman–Crippen MR) is 92.7 cm³/mol. The van der Waals surface area contributed by atoms with Gasteiger partial charge in [-0.3, -0.25) is 0 Å². The molecule has 3 nitrogen and oxygen atoms in total. The molecule has 2 aromatic rings. The Labute approximate surface area is 135 Å². The van der Waals surface area contributed by atoms with Crippen LogP contribution in [0.1, 0.15) is 18.5 Å². The molecule has 112 valence electrons. The lowest BCUT2D eigenvalue weighted by atomic mass is 10.1. The Kier molecular flexibility index (Phi) is 5.26. The Morgan fingerprint density at radius 2 is 1.90 bits per heavy atom. The molecule has 0 aliphatic rings. The van der Waals surface area contributed by atoms with Gasteiger partial charge in [0, 0.05) is 23.2 Å². The van der Waals surface area contributed by atoms with Gasteiger partial charge >= 0.3 is 0 Å². The van der Waals surface area contributed by atoms with Crippen molar-refractivity contribution in [3.63, 3.8) is 0 Å². The zero-order valence-electron chi connectivity index (χ0n) is 12.9. The fourth-order valence-corrected chi connectivity index (χ4v) is 2.99. The highest BCUT2D eigenvalue weighted by atomic mass is 79.9. The molecule has 0 aliphatic carbocycles. The molecule has 0 bridgehead atoms. The summed E-state index contributed by atoms with van der Waals surface area (Å²) in [7, 11) is 5.70. The van der Waals surface area contributed by atoms with E-state index in [0.29, 0.717) is 6.04 Å². The number of hydrogen-bond donors (Lipinski definition) is 1. The Morgan fingerprint density at radius 1 is 1.19 bits per heavy atom. The highest BCUT2D eigenvalue weighted by Gasteiger charge is 2.12. The second-order valence-corrected chi connectivity index (χ2v) is 5.80. The first kappa shape index (κ1) is 15.9. The first-order chi connectivity index (χ1) is 10.1. The molecule has 0 saturated heterocycles. The van der Waals surface area contributed by atoms with Gasteiger partial charge in [0.1, 0.15) is 5.75 Å². The molecule has 0 heterocycles. The topological polar surface area (TPSA) is 24.5 Å². The van der Waals surface area contributed by atoms with Crippen LogP contribution in [0.4, 0.5) is 11.4 Å². The molecule has 0 saturated carbocycles. The maximum atomic E-state index is 5.43. The van der Waals surface area contributed by atoms with E-state index in [0.717, 1.165) is 21.6 Å². The summed E-state index contributed by atoms with van der Waals surface area (Å²) < 4.78 is 6.53. The Hall–Kier alpha value is -1.52. The van der Waals surface area contributed by atoms with E-state index in [9.17, 15) is 0 Å². The number of halogens is 1. The van der Waals surface area contributed by atoms with Gasteiger partial charge in [0.15, 0.2) is 0 Å². The van der Waals surface area contributed by atoms with Crippen molar-refractivity contribution in [1.29, 1.82) is 0 Å². The molecule has 21 heavy (non-hydrogen) atoms. The number of nitrogens with zero attached hydrogens (tertiary/aromatic N) is 1. The Bertz CT molecular complexity index is 615. The van der Waals surface area contributed by atoms with E-state index in [2.05, 4.69) is 57.3 Å². The lowest BCUT2D eigenvalue weighted by molar-refractivity contribution is 0.415. The minimum Gasteiger partial charge on any atom is -0.495 e. The van der Waals surface area contributed by atoms with E-state index >= 15 is 0 Å². The van der Waals surface area contributed by atoms with Gasteiger partial charge < -0.3 is 15.0 Å². The van der Waals surface area contributed by atoms with Crippen molar-refractivity contribution in [1.82, 2.24) is 5.32 Å². The van der Waals surface area contributed by atoms with Crippen LogP contribution in [-0.2, 0) is 0 Å². The van der Waals surface area contributed by atoms with E-state index in [1.807, 2.05) is 32.3 Å². The van der Waals surface area contributed by atoms with Crippen molar-refractivity contribution < 1.29 is 4.74 Å². The van der Waals surface area contributed by atoms with Crippen molar-refractivity contribution in [2.24, 2.45) is 0 Å². The monoisotopic (exact) mass is 348 g/mol. The minimum absolute atomic E-state index is 0.310. The average Bonchev–Trinajstić information content (AvgIpc) is 2.53. The van der Waals surface area contributed by atoms with Crippen LogP contribution in [0.2, 0.25) is 0 Å². The molecule has 1 N–H and O–H groups in total. The minimum atomic E-state index is 0.310. The molecule has 0 amide bonds. The van der Waals surface area contributed by atoms with Crippen LogP contribution in [0.25, 0.3) is 0 Å². The third kappa shape index (κ3) is 3.39. The Morgan fingerprint density at radius 3 is 2.52 bits per heavy atom. The van der Waals surface area contributed by atoms with Gasteiger partial charge in [0.2, 0.25) is 0 Å². The normalized spacial score (nSPS) is 12.0. The summed E-state index contributed by atoms with van der Waals surface area (Å²) in [4.78, 5) is 2.12. The Balaban J connectivity index is 2.36. The first-order valence-electron chi connectivity index (χ1n) is 6.92. The van der Waals surface area contributed by atoms with Crippen molar-refractivity contribution in [2.45, 2.75) is 13.0 Å². The molecule has 0 radical (unpaired) electrons. The largest absolute Gasteiger partial charge is 0.495 e. The van der Waals surface area contributed by atoms with Gasteiger partial charge in [-0.15, -0.1) is 0 Å². The van der Waals surface area contributed by atoms with Gasteiger partial charge in [0.05, 0.1) is 12.8 Å². The van der Waals surface area contributed by atoms with Crippen LogP contribution in [0.3, 0.4) is 0 Å².